The maximum Gasteiger partial charge on any atom is 0.408 e. The Balaban J connectivity index is 2.25. The van der Waals surface area contributed by atoms with E-state index in [4.69, 9.17) is 0 Å². The number of benzene rings is 1. The van der Waals surface area contributed by atoms with E-state index in [0.29, 0.717) is 18.4 Å². The molecule has 1 unspecified atom stereocenters. The molecule has 0 aliphatic carbocycles. The number of halogens is 3. The van der Waals surface area contributed by atoms with Gasteiger partial charge in [0.2, 0.25) is 0 Å². The highest BCUT2D eigenvalue weighted by molar-refractivity contribution is 5.94. The van der Waals surface area contributed by atoms with Crippen molar-refractivity contribution in [1.82, 2.24) is 4.90 Å². The zero-order valence-electron chi connectivity index (χ0n) is 10.7. The van der Waals surface area contributed by atoms with Gasteiger partial charge in [-0.1, -0.05) is 17.7 Å². The highest BCUT2D eigenvalue weighted by atomic mass is 19.4. The second kappa shape index (κ2) is 5.23. The van der Waals surface area contributed by atoms with Crippen LogP contribution in [0.2, 0.25) is 0 Å². The minimum Gasteiger partial charge on any atom is -0.327 e. The molecule has 1 saturated heterocycles. The van der Waals surface area contributed by atoms with Crippen molar-refractivity contribution >= 4 is 5.91 Å². The molecule has 1 atom stereocenters. The summed E-state index contributed by atoms with van der Waals surface area (Å²) in [4.78, 5) is 13.2. The number of hydrogen-bond donors (Lipinski definition) is 0. The van der Waals surface area contributed by atoms with Crippen LogP contribution in [-0.4, -0.2) is 29.6 Å². The first kappa shape index (κ1) is 13.9. The predicted molar refractivity (Wildman–Crippen MR) is 65.9 cm³/mol. The molecule has 5 heteroatoms. The molecule has 0 spiro atoms. The van der Waals surface area contributed by atoms with Crippen LogP contribution in [-0.2, 0) is 0 Å². The SMILES string of the molecule is Cc1cccc(C(=O)N2CCCCC2C(F)(F)F)c1. The Morgan fingerprint density at radius 3 is 2.68 bits per heavy atom. The average molecular weight is 271 g/mol. The molecule has 1 aromatic carbocycles. The van der Waals surface area contributed by atoms with Gasteiger partial charge in [-0.05, 0) is 38.3 Å². The molecule has 19 heavy (non-hydrogen) atoms. The van der Waals surface area contributed by atoms with Crippen molar-refractivity contribution in [3.8, 4) is 0 Å². The number of nitrogens with zero attached hydrogens (tertiary/aromatic N) is 1. The number of carbonyl (C=O) groups is 1. The molecule has 0 radical (unpaired) electrons. The van der Waals surface area contributed by atoms with Crippen LogP contribution in [0.15, 0.2) is 24.3 Å². The predicted octanol–water partition coefficient (Wildman–Crippen LogP) is 3.55. The Morgan fingerprint density at radius 1 is 1.32 bits per heavy atom. The van der Waals surface area contributed by atoms with E-state index in [1.165, 1.54) is 0 Å². The second-order valence-corrected chi connectivity index (χ2v) is 4.92. The fraction of sp³-hybridized carbons (Fsp3) is 0.500. The van der Waals surface area contributed by atoms with Gasteiger partial charge in [0.1, 0.15) is 6.04 Å². The monoisotopic (exact) mass is 271 g/mol. The molecule has 1 fully saturated rings. The molecule has 2 rings (SSSR count). The summed E-state index contributed by atoms with van der Waals surface area (Å²) in [6.07, 6.45) is -3.20. The maximum absolute atomic E-state index is 13.0. The van der Waals surface area contributed by atoms with Gasteiger partial charge in [0.25, 0.3) is 5.91 Å². The lowest BCUT2D eigenvalue weighted by molar-refractivity contribution is -0.183. The largest absolute Gasteiger partial charge is 0.408 e. The number of likely N-dealkylation sites (tertiary alicyclic amines) is 1. The third-order valence-corrected chi connectivity index (χ3v) is 3.41. The minimum absolute atomic E-state index is 0.00105. The Morgan fingerprint density at radius 2 is 2.05 bits per heavy atom. The maximum atomic E-state index is 13.0. The first-order valence-corrected chi connectivity index (χ1v) is 6.34. The summed E-state index contributed by atoms with van der Waals surface area (Å²) in [5.74, 6) is -0.522. The Bertz CT molecular complexity index is 470. The van der Waals surface area contributed by atoms with Gasteiger partial charge in [0.05, 0.1) is 0 Å². The van der Waals surface area contributed by atoms with E-state index in [1.54, 1.807) is 18.2 Å². The van der Waals surface area contributed by atoms with Crippen LogP contribution in [0.3, 0.4) is 0 Å². The number of piperidine rings is 1. The lowest BCUT2D eigenvalue weighted by atomic mass is 10.00. The van der Waals surface area contributed by atoms with Crippen LogP contribution < -0.4 is 0 Å². The fourth-order valence-electron chi connectivity index (χ4n) is 2.46. The molecular weight excluding hydrogens is 255 g/mol. The summed E-state index contributed by atoms with van der Waals surface area (Å²) >= 11 is 0. The molecule has 0 aromatic heterocycles. The van der Waals surface area contributed by atoms with E-state index in [2.05, 4.69) is 0 Å². The molecule has 104 valence electrons. The van der Waals surface area contributed by atoms with E-state index in [9.17, 15) is 18.0 Å². The minimum atomic E-state index is -4.35. The summed E-state index contributed by atoms with van der Waals surface area (Å²) in [5.41, 5.74) is 1.20. The molecule has 2 nitrogen and oxygen atoms in total. The van der Waals surface area contributed by atoms with Gasteiger partial charge in [-0.2, -0.15) is 13.2 Å². The van der Waals surface area contributed by atoms with Crippen LogP contribution >= 0.6 is 0 Å². The Kier molecular flexibility index (Phi) is 3.83. The standard InChI is InChI=1S/C14H16F3NO/c1-10-5-4-6-11(9-10)13(19)18-8-3-2-7-12(18)14(15,16)17/h4-6,9,12H,2-3,7-8H2,1H3. The molecule has 0 N–H and O–H groups in total. The van der Waals surface area contributed by atoms with Crippen molar-refractivity contribution < 1.29 is 18.0 Å². The normalized spacial score (nSPS) is 20.4. The van der Waals surface area contributed by atoms with Gasteiger partial charge in [0.15, 0.2) is 0 Å². The highest BCUT2D eigenvalue weighted by Crippen LogP contribution is 2.32. The fourth-order valence-corrected chi connectivity index (χ4v) is 2.46. The first-order chi connectivity index (χ1) is 8.89. The zero-order valence-corrected chi connectivity index (χ0v) is 10.7. The number of aryl methyl sites for hydroxylation is 1. The molecule has 1 aliphatic rings. The van der Waals surface area contributed by atoms with Crippen molar-refractivity contribution in [2.24, 2.45) is 0 Å². The van der Waals surface area contributed by atoms with Crippen LogP contribution in [0.4, 0.5) is 13.2 Å². The summed E-state index contributed by atoms with van der Waals surface area (Å²) in [6, 6.07) is 5.06. The van der Waals surface area contributed by atoms with E-state index in [0.717, 1.165) is 10.5 Å². The third kappa shape index (κ3) is 3.08. The smallest absolute Gasteiger partial charge is 0.327 e. The van der Waals surface area contributed by atoms with Gasteiger partial charge in [-0.15, -0.1) is 0 Å². The lowest BCUT2D eigenvalue weighted by Gasteiger charge is -2.36. The van der Waals surface area contributed by atoms with Gasteiger partial charge >= 0.3 is 6.18 Å². The van der Waals surface area contributed by atoms with Crippen LogP contribution in [0.5, 0.6) is 0 Å². The molecule has 1 amide bonds. The lowest BCUT2D eigenvalue weighted by Crippen LogP contribution is -2.51. The highest BCUT2D eigenvalue weighted by Gasteiger charge is 2.46. The van der Waals surface area contributed by atoms with Crippen molar-refractivity contribution in [2.75, 3.05) is 6.54 Å². The average Bonchev–Trinajstić information content (AvgIpc) is 2.37. The van der Waals surface area contributed by atoms with Crippen molar-refractivity contribution in [1.29, 1.82) is 0 Å². The number of amides is 1. The zero-order chi connectivity index (χ0) is 14.0. The van der Waals surface area contributed by atoms with E-state index >= 15 is 0 Å². The van der Waals surface area contributed by atoms with Crippen molar-refractivity contribution in [2.45, 2.75) is 38.4 Å². The summed E-state index contributed by atoms with van der Waals surface area (Å²) in [5, 5.41) is 0. The van der Waals surface area contributed by atoms with Gasteiger partial charge in [0, 0.05) is 12.1 Å². The Labute approximate surface area is 110 Å². The second-order valence-electron chi connectivity index (χ2n) is 4.92. The molecule has 1 heterocycles. The van der Waals surface area contributed by atoms with Crippen LogP contribution in [0, 0.1) is 6.92 Å². The number of rotatable bonds is 1. The molecule has 0 bridgehead atoms. The number of hydrogen-bond acceptors (Lipinski definition) is 1. The topological polar surface area (TPSA) is 20.3 Å². The number of alkyl halides is 3. The first-order valence-electron chi connectivity index (χ1n) is 6.34. The van der Waals surface area contributed by atoms with Gasteiger partial charge in [-0.3, -0.25) is 4.79 Å². The molecular formula is C14H16F3NO. The number of carbonyl (C=O) groups excluding carboxylic acids is 1. The van der Waals surface area contributed by atoms with Gasteiger partial charge in [-0.25, -0.2) is 0 Å². The van der Waals surface area contributed by atoms with E-state index < -0.39 is 18.1 Å². The Hall–Kier alpha value is -1.52. The quantitative estimate of drug-likeness (QED) is 0.765. The summed E-state index contributed by atoms with van der Waals surface area (Å²) in [7, 11) is 0. The third-order valence-electron chi connectivity index (χ3n) is 3.41. The summed E-state index contributed by atoms with van der Waals surface area (Å²) < 4.78 is 38.9. The van der Waals surface area contributed by atoms with E-state index in [-0.39, 0.29) is 13.0 Å². The van der Waals surface area contributed by atoms with Crippen molar-refractivity contribution in [3.05, 3.63) is 35.4 Å². The van der Waals surface area contributed by atoms with Gasteiger partial charge < -0.3 is 4.90 Å². The molecule has 1 aliphatic heterocycles. The van der Waals surface area contributed by atoms with Crippen molar-refractivity contribution in [3.63, 3.8) is 0 Å². The molecule has 1 aromatic rings. The summed E-state index contributed by atoms with van der Waals surface area (Å²) in [6.45, 7) is 1.99. The van der Waals surface area contributed by atoms with E-state index in [1.807, 2.05) is 13.0 Å². The van der Waals surface area contributed by atoms with Crippen LogP contribution in [0.1, 0.15) is 35.2 Å². The van der Waals surface area contributed by atoms with Crippen LogP contribution in [0.25, 0.3) is 0 Å². The molecule has 0 saturated carbocycles.